The molecule has 6 nitrogen and oxygen atoms in total. The van der Waals surface area contributed by atoms with Crippen molar-refractivity contribution in [2.45, 2.75) is 52.4 Å². The van der Waals surface area contributed by atoms with Crippen LogP contribution < -0.4 is 10.6 Å². The lowest BCUT2D eigenvalue weighted by Crippen LogP contribution is -2.41. The number of aliphatic imine (C=N–C) groups is 1. The Bertz CT molecular complexity index is 885. The van der Waals surface area contributed by atoms with Crippen LogP contribution in [-0.4, -0.2) is 41.5 Å². The van der Waals surface area contributed by atoms with Crippen molar-refractivity contribution in [2.24, 2.45) is 4.99 Å². The second-order valence-electron chi connectivity index (χ2n) is 7.39. The highest BCUT2D eigenvalue weighted by Crippen LogP contribution is 2.34. The van der Waals surface area contributed by atoms with Crippen molar-refractivity contribution in [3.8, 4) is 5.69 Å². The number of guanidine groups is 1. The third-order valence-corrected chi connectivity index (χ3v) is 4.93. The number of alkyl halides is 3. The van der Waals surface area contributed by atoms with Crippen LogP contribution in [0.4, 0.5) is 13.2 Å². The molecule has 1 saturated heterocycles. The predicted molar refractivity (Wildman–Crippen MR) is 110 cm³/mol. The molecule has 1 unspecified atom stereocenters. The van der Waals surface area contributed by atoms with E-state index in [2.05, 4.69) is 20.7 Å². The maximum Gasteiger partial charge on any atom is 0.416 e. The molecule has 1 atom stereocenters. The molecule has 2 heterocycles. The van der Waals surface area contributed by atoms with Crippen molar-refractivity contribution in [2.75, 3.05) is 19.7 Å². The van der Waals surface area contributed by atoms with Gasteiger partial charge in [-0.2, -0.15) is 18.3 Å². The number of benzene rings is 1. The van der Waals surface area contributed by atoms with Crippen molar-refractivity contribution in [3.63, 3.8) is 0 Å². The van der Waals surface area contributed by atoms with Crippen molar-refractivity contribution < 1.29 is 17.9 Å². The Hall–Kier alpha value is -2.55. The standard InChI is InChI=1S/C21H28F3N5O/c1-4-25-20(27-13-18-6-5-9-30-18)26-12-16-7-8-17(11-19(16)21(22,23)24)29-15(3)10-14(2)28-29/h7-8,10-11,18H,4-6,9,12-13H2,1-3H3,(H2,25,26,27). The normalized spacial score (nSPS) is 17.4. The molecule has 0 saturated carbocycles. The van der Waals surface area contributed by atoms with E-state index >= 15 is 0 Å². The Morgan fingerprint density at radius 3 is 2.67 bits per heavy atom. The molecule has 0 radical (unpaired) electrons. The van der Waals surface area contributed by atoms with Crippen LogP contribution in [0.1, 0.15) is 42.3 Å². The van der Waals surface area contributed by atoms with E-state index in [1.54, 1.807) is 6.07 Å². The minimum Gasteiger partial charge on any atom is -0.376 e. The Labute approximate surface area is 174 Å². The van der Waals surface area contributed by atoms with E-state index in [-0.39, 0.29) is 18.2 Å². The van der Waals surface area contributed by atoms with E-state index < -0.39 is 11.7 Å². The molecule has 2 N–H and O–H groups in total. The highest BCUT2D eigenvalue weighted by molar-refractivity contribution is 5.79. The molecule has 0 bridgehead atoms. The summed E-state index contributed by atoms with van der Waals surface area (Å²) in [5, 5.41) is 10.5. The summed E-state index contributed by atoms with van der Waals surface area (Å²) in [4.78, 5) is 4.36. The fraction of sp³-hybridized carbons (Fsp3) is 0.524. The molecule has 0 spiro atoms. The fourth-order valence-corrected chi connectivity index (χ4v) is 3.51. The van der Waals surface area contributed by atoms with Gasteiger partial charge >= 0.3 is 6.18 Å². The monoisotopic (exact) mass is 423 g/mol. The lowest BCUT2D eigenvalue weighted by atomic mass is 10.1. The first-order valence-corrected chi connectivity index (χ1v) is 10.2. The second-order valence-corrected chi connectivity index (χ2v) is 7.39. The predicted octanol–water partition coefficient (Wildman–Crippen LogP) is 3.74. The van der Waals surface area contributed by atoms with Crippen molar-refractivity contribution in [1.29, 1.82) is 0 Å². The van der Waals surface area contributed by atoms with Gasteiger partial charge in [0.15, 0.2) is 5.96 Å². The number of hydrogen-bond donors (Lipinski definition) is 2. The summed E-state index contributed by atoms with van der Waals surface area (Å²) in [6.45, 7) is 7.38. The van der Waals surface area contributed by atoms with Gasteiger partial charge < -0.3 is 15.4 Å². The summed E-state index contributed by atoms with van der Waals surface area (Å²) >= 11 is 0. The smallest absolute Gasteiger partial charge is 0.376 e. The molecule has 1 fully saturated rings. The maximum atomic E-state index is 13.7. The van der Waals surface area contributed by atoms with Gasteiger partial charge in [-0.25, -0.2) is 9.67 Å². The Kier molecular flexibility index (Phi) is 7.02. The molecule has 164 valence electrons. The van der Waals surface area contributed by atoms with Crippen molar-refractivity contribution >= 4 is 5.96 Å². The molecule has 0 aliphatic carbocycles. The number of nitrogens with zero attached hydrogens (tertiary/aromatic N) is 3. The zero-order valence-corrected chi connectivity index (χ0v) is 17.5. The van der Waals surface area contributed by atoms with E-state index in [1.807, 2.05) is 26.8 Å². The summed E-state index contributed by atoms with van der Waals surface area (Å²) in [6, 6.07) is 6.08. The van der Waals surface area contributed by atoms with Crippen LogP contribution in [0.3, 0.4) is 0 Å². The Balaban J connectivity index is 1.82. The summed E-state index contributed by atoms with van der Waals surface area (Å²) < 4.78 is 48.3. The van der Waals surface area contributed by atoms with E-state index in [9.17, 15) is 13.2 Å². The highest BCUT2D eigenvalue weighted by atomic mass is 19.4. The number of hydrogen-bond acceptors (Lipinski definition) is 3. The first-order chi connectivity index (χ1) is 14.3. The van der Waals surface area contributed by atoms with Gasteiger partial charge in [-0.05, 0) is 57.4 Å². The van der Waals surface area contributed by atoms with Gasteiger partial charge in [0.1, 0.15) is 0 Å². The average Bonchev–Trinajstić information content (AvgIpc) is 3.32. The molecule has 3 rings (SSSR count). The fourth-order valence-electron chi connectivity index (χ4n) is 3.51. The topological polar surface area (TPSA) is 63.5 Å². The highest BCUT2D eigenvalue weighted by Gasteiger charge is 2.34. The molecule has 2 aromatic rings. The second kappa shape index (κ2) is 9.51. The van der Waals surface area contributed by atoms with Gasteiger partial charge in [0.25, 0.3) is 0 Å². The number of rotatable bonds is 6. The lowest BCUT2D eigenvalue weighted by Gasteiger charge is -2.16. The van der Waals surface area contributed by atoms with Gasteiger partial charge in [-0.3, -0.25) is 0 Å². The first kappa shape index (κ1) is 22.1. The molecular weight excluding hydrogens is 395 g/mol. The van der Waals surface area contributed by atoms with Crippen LogP contribution in [0.2, 0.25) is 0 Å². The lowest BCUT2D eigenvalue weighted by molar-refractivity contribution is -0.138. The molecule has 9 heteroatoms. The maximum absolute atomic E-state index is 13.7. The van der Waals surface area contributed by atoms with Crippen LogP contribution in [0.15, 0.2) is 29.3 Å². The number of ether oxygens (including phenoxy) is 1. The molecule has 30 heavy (non-hydrogen) atoms. The minimum absolute atomic E-state index is 0.0902. The van der Waals surface area contributed by atoms with Crippen molar-refractivity contribution in [3.05, 3.63) is 46.8 Å². The molecule has 1 aromatic heterocycles. The van der Waals surface area contributed by atoms with E-state index in [1.165, 1.54) is 10.7 Å². The zero-order chi connectivity index (χ0) is 21.7. The summed E-state index contributed by atoms with van der Waals surface area (Å²) in [6.07, 6.45) is -2.38. The van der Waals surface area contributed by atoms with Gasteiger partial charge in [0, 0.05) is 25.4 Å². The molecule has 1 aromatic carbocycles. The van der Waals surface area contributed by atoms with Crippen LogP contribution in [0, 0.1) is 13.8 Å². The molecule has 1 aliphatic rings. The van der Waals surface area contributed by atoms with E-state index in [0.29, 0.717) is 24.7 Å². The summed E-state index contributed by atoms with van der Waals surface area (Å²) in [5.41, 5.74) is 1.32. The first-order valence-electron chi connectivity index (χ1n) is 10.2. The zero-order valence-electron chi connectivity index (χ0n) is 17.5. The van der Waals surface area contributed by atoms with Crippen LogP contribution in [0.5, 0.6) is 0 Å². The molecule has 0 amide bonds. The van der Waals surface area contributed by atoms with Gasteiger partial charge in [0.2, 0.25) is 0 Å². The van der Waals surface area contributed by atoms with Gasteiger partial charge in [-0.1, -0.05) is 6.07 Å². The SMILES string of the molecule is CCNC(=NCc1ccc(-n2nc(C)cc2C)cc1C(F)(F)F)NCC1CCCO1. The van der Waals surface area contributed by atoms with Crippen LogP contribution in [0.25, 0.3) is 5.69 Å². The minimum atomic E-state index is -4.49. The van der Waals surface area contributed by atoms with Crippen molar-refractivity contribution in [1.82, 2.24) is 20.4 Å². The molecular formula is C21H28F3N5O. The van der Waals surface area contributed by atoms with Gasteiger partial charge in [0.05, 0.1) is 29.6 Å². The average molecular weight is 423 g/mol. The summed E-state index contributed by atoms with van der Waals surface area (Å²) in [5.74, 6) is 0.476. The number of halogens is 3. The van der Waals surface area contributed by atoms with Crippen LogP contribution in [-0.2, 0) is 17.5 Å². The molecule has 1 aliphatic heterocycles. The van der Waals surface area contributed by atoms with Gasteiger partial charge in [-0.15, -0.1) is 0 Å². The number of aryl methyl sites for hydroxylation is 2. The quantitative estimate of drug-likeness (QED) is 0.549. The number of aromatic nitrogens is 2. The Morgan fingerprint density at radius 2 is 2.07 bits per heavy atom. The largest absolute Gasteiger partial charge is 0.416 e. The number of nitrogens with one attached hydrogen (secondary N) is 2. The van der Waals surface area contributed by atoms with E-state index in [4.69, 9.17) is 4.74 Å². The summed E-state index contributed by atoms with van der Waals surface area (Å²) in [7, 11) is 0. The third kappa shape index (κ3) is 5.53. The van der Waals surface area contributed by atoms with E-state index in [0.717, 1.165) is 36.9 Å². The van der Waals surface area contributed by atoms with Crippen LogP contribution >= 0.6 is 0 Å². The third-order valence-electron chi connectivity index (χ3n) is 4.93. The Morgan fingerprint density at radius 1 is 1.27 bits per heavy atom.